The number of aliphatic carboxylic acids is 4. The molecule has 776 valence electrons. The van der Waals surface area contributed by atoms with Crippen LogP contribution in [0.2, 0.25) is 0 Å². The van der Waals surface area contributed by atoms with Crippen molar-refractivity contribution in [3.05, 3.63) is 0 Å². The molecule has 0 spiro atoms. The standard InChI is InChI=1S/C31H54O5.C23H40O5.C23H38O5.C15H27BrO2.C10H18O2.C5H10Br2.2CH4.FH.H2/c1-3-5-25-35-28(33)30(21-13-14-22-30)19-11-7-9-17-27(32)18-10-8-12-20-31(23-15-16-24-31)29(34)36-26-6-4-2;2*24-19(11-3-1-5-13-22(20(25)26)15-7-8-16-22)12-4-2-6-14-23(21(27)28)17-9-10-18-23;1-2-3-13-18-14(17)15(10-6-7-11-15)9-5-4-8-12-16;1-2-3-8-12-10(11)9-6-4-5-7-9;6-4-2-1-3-5-7;;;;/h3-26H2,1-2H3;19,24H,1-18H2,(H,25,26)(H,27,28);1-18H2,(H,25,26)(H,27,28);2-13H2,1H3;9H,2-8H2,1H3;1-5H2;2*1H4;2*1H/i;;;;;;;;;1+1D. The fourth-order valence-electron chi connectivity index (χ4n) is 21.7. The Morgan fingerprint density at radius 3 is 0.705 bits per heavy atom. The van der Waals surface area contributed by atoms with Crippen molar-refractivity contribution in [2.24, 2.45) is 43.8 Å². The summed E-state index contributed by atoms with van der Waals surface area (Å²) >= 11 is 10.2. The summed E-state index contributed by atoms with van der Waals surface area (Å²) in [6.07, 6.45) is 74.7. The highest BCUT2D eigenvalue weighted by Gasteiger charge is 2.47. The SMILES string of the molecule is BrCCCCCBr.C.C.CCCCOC(=O)C1(CCCCCBr)CCCC1.CCCCOC(=O)C1(CCCCCC(=O)CCCCCC2(C(=O)OCCCC)CCCC2)CCCC1.CCCCOC(=O)C1CCCC1.F.O=C(CCCCCC1(C(=O)O)CCCC1)CCCCCC1(C(=O)O)CCCC1.O=C(O)C1(CCCCCC(O)CCCCCC2(C(=O)O)CCCC2)CCCC1.[2H][2H]. The number of ketones is 2. The summed E-state index contributed by atoms with van der Waals surface area (Å²) in [7, 11) is 0. The van der Waals surface area contributed by atoms with Gasteiger partial charge in [-0.2, -0.15) is 0 Å². The largest absolute Gasteiger partial charge is 0.481 e. The molecule has 8 aliphatic rings. The summed E-state index contributed by atoms with van der Waals surface area (Å²) in [5.41, 5.74) is -2.54. The molecule has 5 N–H and O–H groups in total. The molecule has 8 aliphatic carbocycles. The Morgan fingerprint density at radius 2 is 0.485 bits per heavy atom. The number of carbonyl (C=O) groups is 10. The normalized spacial score (nSPS) is 18.3. The fourth-order valence-corrected chi connectivity index (χ4v) is 22.9. The van der Waals surface area contributed by atoms with Crippen LogP contribution < -0.4 is 0 Å². The first-order chi connectivity index (χ1) is 63.3. The highest BCUT2D eigenvalue weighted by molar-refractivity contribution is 9.09. The molecule has 0 aromatic rings. The van der Waals surface area contributed by atoms with E-state index < -0.39 is 45.5 Å². The molecule has 0 saturated heterocycles. The van der Waals surface area contributed by atoms with Gasteiger partial charge in [-0.3, -0.25) is 52.6 Å². The molecule has 132 heavy (non-hydrogen) atoms. The lowest BCUT2D eigenvalue weighted by molar-refractivity contribution is -0.157. The Balaban J connectivity index is 0. The molecule has 0 aromatic carbocycles. The van der Waals surface area contributed by atoms with Gasteiger partial charge in [-0.15, -0.1) is 0 Å². The van der Waals surface area contributed by atoms with Gasteiger partial charge in [0.2, 0.25) is 0 Å². The quantitative estimate of drug-likeness (QED) is 0.0163. The molecule has 0 bridgehead atoms. The first-order valence-corrected chi connectivity index (χ1v) is 56.7. The van der Waals surface area contributed by atoms with E-state index in [1.807, 2.05) is 0 Å². The van der Waals surface area contributed by atoms with Crippen molar-refractivity contribution in [3.8, 4) is 0 Å². The summed E-state index contributed by atoms with van der Waals surface area (Å²) in [5.74, 6) is -1.44. The van der Waals surface area contributed by atoms with Crippen molar-refractivity contribution in [2.45, 2.75) is 543 Å². The van der Waals surface area contributed by atoms with E-state index in [0.29, 0.717) is 63.7 Å². The van der Waals surface area contributed by atoms with Crippen molar-refractivity contribution in [2.75, 3.05) is 42.4 Å². The minimum Gasteiger partial charge on any atom is -0.481 e. The third kappa shape index (κ3) is 51.0. The number of aliphatic hydroxyl groups is 1. The molecule has 0 atom stereocenters. The van der Waals surface area contributed by atoms with Crippen LogP contribution in [0.15, 0.2) is 0 Å². The Hall–Kier alpha value is -3.57. The predicted molar refractivity (Wildman–Crippen MR) is 549 cm³/mol. The predicted octanol–water partition coefficient (Wildman–Crippen LogP) is 31.5. The molecule has 0 unspecified atom stereocenters. The lowest BCUT2D eigenvalue weighted by Gasteiger charge is -2.26. The Bertz CT molecular complexity index is 2860. The maximum absolute atomic E-state index is 12.7. The number of hydrogen-bond donors (Lipinski definition) is 5. The number of rotatable bonds is 65. The van der Waals surface area contributed by atoms with Gasteiger partial charge >= 0.3 is 47.8 Å². The van der Waals surface area contributed by atoms with Crippen LogP contribution in [0.3, 0.4) is 0 Å². The van der Waals surface area contributed by atoms with Gasteiger partial charge in [-0.05, 0) is 231 Å². The molecular weight excluding hydrogens is 1870 g/mol. The molecule has 19 nitrogen and oxygen atoms in total. The van der Waals surface area contributed by atoms with E-state index in [9.17, 15) is 73.5 Å². The van der Waals surface area contributed by atoms with Gasteiger partial charge in [0.05, 0.1) is 76.4 Å². The van der Waals surface area contributed by atoms with E-state index in [1.165, 1.54) is 57.8 Å². The minimum atomic E-state index is -0.636. The molecule has 8 fully saturated rings. The molecule has 0 aliphatic heterocycles. The number of carboxylic acids is 4. The molecule has 0 amide bonds. The molecule has 0 heterocycles. The van der Waals surface area contributed by atoms with Gasteiger partial charge in [0.1, 0.15) is 11.6 Å². The number of hydrogen-bond acceptors (Lipinski definition) is 15. The number of carboxylic acid groups (broad SMARTS) is 4. The Kier molecular flexibility index (Phi) is 74.0. The number of Topliss-reactive ketones (excluding diaryl/α,β-unsaturated/α-hetero) is 2. The average molecular weight is 2070 g/mol. The van der Waals surface area contributed by atoms with E-state index in [2.05, 4.69) is 75.5 Å². The van der Waals surface area contributed by atoms with Crippen LogP contribution in [0, 0.1) is 43.8 Å². The topological polar surface area (TPSA) is 309 Å². The zero-order valence-corrected chi connectivity index (χ0v) is 87.3. The molecule has 8 rings (SSSR count). The van der Waals surface area contributed by atoms with E-state index in [-0.39, 0.29) is 71.7 Å². The van der Waals surface area contributed by atoms with Gasteiger partial charge in [-0.25, -0.2) is 0 Å². The lowest BCUT2D eigenvalue weighted by Crippen LogP contribution is -2.30. The molecular formula is C109H198Br3FO19. The van der Waals surface area contributed by atoms with E-state index >= 15 is 0 Å². The van der Waals surface area contributed by atoms with Crippen molar-refractivity contribution in [1.29, 1.82) is 0 Å². The van der Waals surface area contributed by atoms with E-state index in [0.717, 1.165) is 427 Å². The number of esters is 4. The second-order valence-corrected chi connectivity index (χ2v) is 43.1. The zero-order chi connectivity index (χ0) is 96.7. The second-order valence-electron chi connectivity index (χ2n) is 40.7. The second kappa shape index (κ2) is 77.2. The first-order valence-electron chi connectivity index (χ1n) is 54.3. The summed E-state index contributed by atoms with van der Waals surface area (Å²) in [6, 6.07) is 0. The van der Waals surface area contributed by atoms with Crippen LogP contribution in [-0.2, 0) is 66.9 Å². The highest BCUT2D eigenvalue weighted by Crippen LogP contribution is 2.50. The zero-order valence-electron chi connectivity index (χ0n) is 84.5. The smallest absolute Gasteiger partial charge is 0.312 e. The van der Waals surface area contributed by atoms with Crippen LogP contribution in [0.1, 0.15) is 540 Å². The summed E-state index contributed by atoms with van der Waals surface area (Å²) in [6.45, 7) is 10.8. The van der Waals surface area contributed by atoms with Gasteiger partial charge in [0, 0.05) is 44.6 Å². The lowest BCUT2D eigenvalue weighted by atomic mass is 9.80. The average Bonchev–Trinajstić information content (AvgIpc) is 1.69. The third-order valence-corrected chi connectivity index (χ3v) is 32.2. The van der Waals surface area contributed by atoms with E-state index in [1.54, 1.807) is 0 Å². The molecule has 8 saturated carbocycles. The Labute approximate surface area is 831 Å². The Morgan fingerprint density at radius 1 is 0.288 bits per heavy atom. The van der Waals surface area contributed by atoms with E-state index in [4.69, 9.17) is 21.9 Å². The van der Waals surface area contributed by atoms with Crippen molar-refractivity contribution < 1.29 is 100 Å². The van der Waals surface area contributed by atoms with Crippen LogP contribution in [0.5, 0.6) is 0 Å². The summed E-state index contributed by atoms with van der Waals surface area (Å²) < 4.78 is 31.8. The van der Waals surface area contributed by atoms with Crippen molar-refractivity contribution in [3.63, 3.8) is 0 Å². The van der Waals surface area contributed by atoms with Gasteiger partial charge in [0.25, 0.3) is 0 Å². The van der Waals surface area contributed by atoms with Crippen molar-refractivity contribution in [1.82, 2.24) is 0 Å². The van der Waals surface area contributed by atoms with Crippen LogP contribution in [-0.4, -0.2) is 133 Å². The third-order valence-electron chi connectivity index (χ3n) is 30.5. The van der Waals surface area contributed by atoms with Crippen LogP contribution >= 0.6 is 47.8 Å². The first kappa shape index (κ1) is 126. The fraction of sp³-hybridized carbons (Fsp3) is 0.908. The highest BCUT2D eigenvalue weighted by atomic mass is 79.9. The number of aliphatic hydroxyl groups excluding tert-OH is 1. The summed E-state index contributed by atoms with van der Waals surface area (Å²) in [5, 5.41) is 51.5. The summed E-state index contributed by atoms with van der Waals surface area (Å²) in [4.78, 5) is 119. The maximum Gasteiger partial charge on any atom is 0.312 e. The maximum atomic E-state index is 12.7. The van der Waals surface area contributed by atoms with Crippen LogP contribution in [0.4, 0.5) is 4.70 Å². The number of halogens is 4. The minimum absolute atomic E-state index is 0. The monoisotopic (exact) mass is 2070 g/mol. The van der Waals surface area contributed by atoms with Gasteiger partial charge in [-0.1, -0.05) is 328 Å². The molecule has 23 heteroatoms. The van der Waals surface area contributed by atoms with Crippen molar-refractivity contribution >= 4 is 107 Å². The van der Waals surface area contributed by atoms with Gasteiger partial charge in [0.15, 0.2) is 0 Å². The van der Waals surface area contributed by atoms with Crippen LogP contribution in [0.25, 0.3) is 0 Å². The number of unbranched alkanes of at least 4 members (excludes halogenated alkanes) is 20. The van der Waals surface area contributed by atoms with Gasteiger partial charge < -0.3 is 44.5 Å². The molecule has 0 radical (unpaired) electrons. The number of alkyl halides is 3. The number of ether oxygens (including phenoxy) is 4. The number of carbonyl (C=O) groups excluding carboxylic acids is 6. The molecule has 0 aromatic heterocycles.